The Balaban J connectivity index is 2.26. The van der Waals surface area contributed by atoms with Crippen molar-refractivity contribution in [2.75, 3.05) is 0 Å². The number of hydrogen-bond donors (Lipinski definition) is 1. The van der Waals surface area contributed by atoms with E-state index in [1.807, 2.05) is 19.1 Å². The Hall–Kier alpha value is -1.87. The Morgan fingerprint density at radius 2 is 1.71 bits per heavy atom. The van der Waals surface area contributed by atoms with Crippen LogP contribution in [0.3, 0.4) is 0 Å². The summed E-state index contributed by atoms with van der Waals surface area (Å²) in [4.78, 5) is 0. The fraction of sp³-hybridized carbons (Fsp3) is 0.0769. The van der Waals surface area contributed by atoms with E-state index >= 15 is 0 Å². The molecule has 86 valence electrons. The number of benzene rings is 2. The summed E-state index contributed by atoms with van der Waals surface area (Å²) < 4.78 is 0. The first kappa shape index (κ1) is 11.6. The van der Waals surface area contributed by atoms with E-state index in [0.29, 0.717) is 16.4 Å². The van der Waals surface area contributed by atoms with Gasteiger partial charge < -0.3 is 5.11 Å². The Bertz CT molecular complexity index is 550. The topological polar surface area (TPSA) is 45.0 Å². The number of nitrogens with zero attached hydrogens (tertiary/aromatic N) is 2. The molecule has 0 spiro atoms. The zero-order chi connectivity index (χ0) is 12.3. The van der Waals surface area contributed by atoms with E-state index in [-0.39, 0.29) is 5.75 Å². The first-order valence-corrected chi connectivity index (χ1v) is 5.50. The van der Waals surface area contributed by atoms with E-state index in [0.717, 1.165) is 5.56 Å². The van der Waals surface area contributed by atoms with Crippen LogP contribution in [0.4, 0.5) is 11.4 Å². The van der Waals surface area contributed by atoms with E-state index < -0.39 is 0 Å². The van der Waals surface area contributed by atoms with Crippen molar-refractivity contribution < 1.29 is 5.11 Å². The highest BCUT2D eigenvalue weighted by Crippen LogP contribution is 2.29. The summed E-state index contributed by atoms with van der Waals surface area (Å²) in [6.07, 6.45) is 0. The molecule has 0 bridgehead atoms. The van der Waals surface area contributed by atoms with Gasteiger partial charge in [0.2, 0.25) is 0 Å². The van der Waals surface area contributed by atoms with Gasteiger partial charge in [0.1, 0.15) is 11.4 Å². The lowest BCUT2D eigenvalue weighted by molar-refractivity contribution is 0.475. The van der Waals surface area contributed by atoms with Crippen molar-refractivity contribution in [3.63, 3.8) is 0 Å². The van der Waals surface area contributed by atoms with Crippen LogP contribution in [0.1, 0.15) is 5.56 Å². The van der Waals surface area contributed by atoms with Gasteiger partial charge in [0.05, 0.1) is 10.7 Å². The molecule has 0 amide bonds. The smallest absolute Gasteiger partial charge is 0.115 e. The van der Waals surface area contributed by atoms with E-state index in [2.05, 4.69) is 10.2 Å². The lowest BCUT2D eigenvalue weighted by Crippen LogP contribution is -1.74. The van der Waals surface area contributed by atoms with Crippen LogP contribution in [0.15, 0.2) is 52.7 Å². The molecule has 0 heterocycles. The number of azo groups is 1. The van der Waals surface area contributed by atoms with E-state index in [1.165, 1.54) is 0 Å². The highest BCUT2D eigenvalue weighted by molar-refractivity contribution is 6.33. The number of phenols is 1. The van der Waals surface area contributed by atoms with Crippen LogP contribution in [0.5, 0.6) is 5.75 Å². The van der Waals surface area contributed by atoms with Crippen molar-refractivity contribution in [3.05, 3.63) is 53.1 Å². The van der Waals surface area contributed by atoms with Crippen LogP contribution < -0.4 is 0 Å². The minimum Gasteiger partial charge on any atom is -0.508 e. The first-order chi connectivity index (χ1) is 8.16. The van der Waals surface area contributed by atoms with Crippen LogP contribution in [0, 0.1) is 6.92 Å². The Kier molecular flexibility index (Phi) is 3.40. The molecule has 0 saturated heterocycles. The van der Waals surface area contributed by atoms with Gasteiger partial charge in [0.15, 0.2) is 0 Å². The van der Waals surface area contributed by atoms with Crippen molar-refractivity contribution >= 4 is 23.0 Å². The molecule has 17 heavy (non-hydrogen) atoms. The minimum atomic E-state index is 0.206. The van der Waals surface area contributed by atoms with Crippen LogP contribution in [-0.2, 0) is 0 Å². The second kappa shape index (κ2) is 4.97. The van der Waals surface area contributed by atoms with Crippen LogP contribution >= 0.6 is 11.6 Å². The standard InChI is InChI=1S/C13H11ClN2O/c1-9-3-2-4-12(13(9)14)16-15-10-5-7-11(17)8-6-10/h2-8,17H,1H3. The molecule has 0 aliphatic heterocycles. The number of halogens is 1. The quantitative estimate of drug-likeness (QED) is 0.762. The molecule has 3 nitrogen and oxygen atoms in total. The summed E-state index contributed by atoms with van der Waals surface area (Å²) in [7, 11) is 0. The lowest BCUT2D eigenvalue weighted by Gasteiger charge is -1.99. The maximum Gasteiger partial charge on any atom is 0.115 e. The van der Waals surface area contributed by atoms with Gasteiger partial charge >= 0.3 is 0 Å². The molecule has 2 aromatic rings. The van der Waals surface area contributed by atoms with Gasteiger partial charge in [-0.3, -0.25) is 0 Å². The van der Waals surface area contributed by atoms with Crippen LogP contribution in [0.2, 0.25) is 5.02 Å². The summed E-state index contributed by atoms with van der Waals surface area (Å²) in [6, 6.07) is 12.1. The zero-order valence-electron chi connectivity index (χ0n) is 9.26. The van der Waals surface area contributed by atoms with Crippen molar-refractivity contribution in [2.24, 2.45) is 10.2 Å². The van der Waals surface area contributed by atoms with E-state index in [4.69, 9.17) is 16.7 Å². The normalized spacial score (nSPS) is 10.9. The second-order valence-electron chi connectivity index (χ2n) is 3.62. The maximum absolute atomic E-state index is 9.13. The molecule has 2 aromatic carbocycles. The monoisotopic (exact) mass is 246 g/mol. The highest BCUT2D eigenvalue weighted by atomic mass is 35.5. The van der Waals surface area contributed by atoms with Gasteiger partial charge in [-0.2, -0.15) is 5.11 Å². The summed E-state index contributed by atoms with van der Waals surface area (Å²) in [5.74, 6) is 0.206. The fourth-order valence-corrected chi connectivity index (χ4v) is 1.50. The molecule has 0 aromatic heterocycles. The third kappa shape index (κ3) is 2.82. The molecule has 0 aliphatic carbocycles. The lowest BCUT2D eigenvalue weighted by atomic mass is 10.2. The van der Waals surface area contributed by atoms with Crippen molar-refractivity contribution in [1.82, 2.24) is 0 Å². The van der Waals surface area contributed by atoms with Gasteiger partial charge in [-0.15, -0.1) is 5.11 Å². The Morgan fingerprint density at radius 3 is 2.41 bits per heavy atom. The predicted molar refractivity (Wildman–Crippen MR) is 68.5 cm³/mol. The van der Waals surface area contributed by atoms with Crippen LogP contribution in [0.25, 0.3) is 0 Å². The SMILES string of the molecule is Cc1cccc(N=Nc2ccc(O)cc2)c1Cl. The molecule has 1 N–H and O–H groups in total. The Morgan fingerprint density at radius 1 is 1.00 bits per heavy atom. The largest absolute Gasteiger partial charge is 0.508 e. The molecule has 0 unspecified atom stereocenters. The molecule has 0 radical (unpaired) electrons. The number of aryl methyl sites for hydroxylation is 1. The number of hydrogen-bond acceptors (Lipinski definition) is 3. The average molecular weight is 247 g/mol. The van der Waals surface area contributed by atoms with Gasteiger partial charge in [0.25, 0.3) is 0 Å². The molecule has 0 aliphatic rings. The zero-order valence-corrected chi connectivity index (χ0v) is 10.0. The average Bonchev–Trinajstić information content (AvgIpc) is 2.33. The van der Waals surface area contributed by atoms with Gasteiger partial charge in [-0.25, -0.2) is 0 Å². The van der Waals surface area contributed by atoms with Crippen LogP contribution in [-0.4, -0.2) is 5.11 Å². The molecule has 4 heteroatoms. The van der Waals surface area contributed by atoms with E-state index in [1.54, 1.807) is 30.3 Å². The predicted octanol–water partition coefficient (Wildman–Crippen LogP) is 4.77. The maximum atomic E-state index is 9.13. The summed E-state index contributed by atoms with van der Waals surface area (Å²) in [5.41, 5.74) is 2.27. The van der Waals surface area contributed by atoms with Crippen molar-refractivity contribution in [3.8, 4) is 5.75 Å². The van der Waals surface area contributed by atoms with Crippen molar-refractivity contribution in [1.29, 1.82) is 0 Å². The number of rotatable bonds is 2. The molecule has 2 rings (SSSR count). The van der Waals surface area contributed by atoms with E-state index in [9.17, 15) is 0 Å². The van der Waals surface area contributed by atoms with Gasteiger partial charge in [-0.1, -0.05) is 23.7 Å². The minimum absolute atomic E-state index is 0.206. The molecular formula is C13H11ClN2O. The third-order valence-corrected chi connectivity index (χ3v) is 2.79. The number of aromatic hydroxyl groups is 1. The Labute approximate surface area is 104 Å². The third-order valence-electron chi connectivity index (χ3n) is 2.29. The molecule has 0 saturated carbocycles. The molecular weight excluding hydrogens is 236 g/mol. The van der Waals surface area contributed by atoms with Crippen molar-refractivity contribution in [2.45, 2.75) is 6.92 Å². The summed E-state index contributed by atoms with van der Waals surface area (Å²) in [5, 5.41) is 17.9. The second-order valence-corrected chi connectivity index (χ2v) is 4.00. The van der Waals surface area contributed by atoms with Gasteiger partial charge in [0, 0.05) is 0 Å². The fourth-order valence-electron chi connectivity index (χ4n) is 1.34. The summed E-state index contributed by atoms with van der Waals surface area (Å²) in [6.45, 7) is 1.92. The highest BCUT2D eigenvalue weighted by Gasteiger charge is 2.00. The van der Waals surface area contributed by atoms with Gasteiger partial charge in [-0.05, 0) is 42.8 Å². The number of phenolic OH excluding ortho intramolecular Hbond substituents is 1. The first-order valence-electron chi connectivity index (χ1n) is 5.13. The molecule has 0 atom stereocenters. The molecule has 0 fully saturated rings. The summed E-state index contributed by atoms with van der Waals surface area (Å²) >= 11 is 6.09.